The summed E-state index contributed by atoms with van der Waals surface area (Å²) in [5, 5.41) is 0. The van der Waals surface area contributed by atoms with Crippen LogP contribution in [-0.4, -0.2) is 5.97 Å². The molecule has 0 aliphatic carbocycles. The Bertz CT molecular complexity index is 368. The number of esters is 1. The van der Waals surface area contributed by atoms with E-state index in [2.05, 4.69) is 13.5 Å². The Morgan fingerprint density at radius 2 is 1.78 bits per heavy atom. The Kier molecular flexibility index (Phi) is 6.85. The maximum atomic E-state index is 11.7. The molecule has 0 N–H and O–H groups in total. The first-order valence-electron chi connectivity index (χ1n) is 6.69. The minimum Gasteiger partial charge on any atom is -0.423 e. The number of para-hydroxylation sites is 1. The molecule has 0 unspecified atom stereocenters. The van der Waals surface area contributed by atoms with Crippen LogP contribution in [0.1, 0.15) is 45.4 Å². The first-order chi connectivity index (χ1) is 8.74. The Morgan fingerprint density at radius 1 is 1.11 bits per heavy atom. The van der Waals surface area contributed by atoms with Gasteiger partial charge in [-0.2, -0.15) is 0 Å². The molecular weight excluding hydrogens is 224 g/mol. The monoisotopic (exact) mass is 246 g/mol. The highest BCUT2D eigenvalue weighted by atomic mass is 16.5. The highest BCUT2D eigenvalue weighted by Gasteiger charge is 2.09. The molecule has 2 heteroatoms. The van der Waals surface area contributed by atoms with Crippen LogP contribution in [0, 0.1) is 0 Å². The van der Waals surface area contributed by atoms with Crippen molar-refractivity contribution in [2.75, 3.05) is 0 Å². The predicted molar refractivity (Wildman–Crippen MR) is 74.6 cm³/mol. The third kappa shape index (κ3) is 5.67. The smallest absolute Gasteiger partial charge is 0.338 e. The summed E-state index contributed by atoms with van der Waals surface area (Å²) in [4.78, 5) is 11.7. The van der Waals surface area contributed by atoms with Crippen molar-refractivity contribution in [2.24, 2.45) is 0 Å². The summed E-state index contributed by atoms with van der Waals surface area (Å²) in [6, 6.07) is 9.12. The van der Waals surface area contributed by atoms with Gasteiger partial charge >= 0.3 is 5.97 Å². The SMILES string of the molecule is C=C(CCCCCCC)C(=O)Oc1ccccc1. The van der Waals surface area contributed by atoms with Crippen LogP contribution in [0.3, 0.4) is 0 Å². The first kappa shape index (κ1) is 14.5. The molecule has 0 saturated heterocycles. The van der Waals surface area contributed by atoms with Crippen LogP contribution in [-0.2, 0) is 4.79 Å². The zero-order valence-corrected chi connectivity index (χ0v) is 11.2. The summed E-state index contributed by atoms with van der Waals surface area (Å²) < 4.78 is 5.22. The number of unbranched alkanes of at least 4 members (excludes halogenated alkanes) is 4. The molecular formula is C16H22O2. The zero-order valence-electron chi connectivity index (χ0n) is 11.2. The number of benzene rings is 1. The van der Waals surface area contributed by atoms with E-state index in [9.17, 15) is 4.79 Å². The summed E-state index contributed by atoms with van der Waals surface area (Å²) in [6.07, 6.45) is 6.64. The van der Waals surface area contributed by atoms with Gasteiger partial charge in [-0.3, -0.25) is 0 Å². The van der Waals surface area contributed by atoms with E-state index in [0.717, 1.165) is 19.3 Å². The van der Waals surface area contributed by atoms with Gasteiger partial charge in [-0.25, -0.2) is 4.79 Å². The van der Waals surface area contributed by atoms with Gasteiger partial charge in [0.2, 0.25) is 0 Å². The lowest BCUT2D eigenvalue weighted by Crippen LogP contribution is -2.10. The van der Waals surface area contributed by atoms with Crippen molar-refractivity contribution in [1.29, 1.82) is 0 Å². The average molecular weight is 246 g/mol. The molecule has 2 nitrogen and oxygen atoms in total. The maximum Gasteiger partial charge on any atom is 0.338 e. The molecule has 0 heterocycles. The summed E-state index contributed by atoms with van der Waals surface area (Å²) in [7, 11) is 0. The van der Waals surface area contributed by atoms with Gasteiger partial charge in [0.1, 0.15) is 5.75 Å². The van der Waals surface area contributed by atoms with E-state index in [0.29, 0.717) is 11.3 Å². The van der Waals surface area contributed by atoms with Gasteiger partial charge in [-0.15, -0.1) is 0 Å². The van der Waals surface area contributed by atoms with Crippen LogP contribution >= 0.6 is 0 Å². The van der Waals surface area contributed by atoms with E-state index in [1.54, 1.807) is 12.1 Å². The van der Waals surface area contributed by atoms with Crippen molar-refractivity contribution in [2.45, 2.75) is 45.4 Å². The van der Waals surface area contributed by atoms with Crippen LogP contribution in [0.2, 0.25) is 0 Å². The van der Waals surface area contributed by atoms with Crippen LogP contribution < -0.4 is 4.74 Å². The molecule has 0 aliphatic rings. The fourth-order valence-electron chi connectivity index (χ4n) is 1.71. The molecule has 0 aromatic heterocycles. The van der Waals surface area contributed by atoms with Crippen molar-refractivity contribution in [3.63, 3.8) is 0 Å². The van der Waals surface area contributed by atoms with E-state index >= 15 is 0 Å². The molecule has 1 rings (SSSR count). The van der Waals surface area contributed by atoms with Crippen molar-refractivity contribution in [1.82, 2.24) is 0 Å². The van der Waals surface area contributed by atoms with Gasteiger partial charge in [-0.1, -0.05) is 57.4 Å². The largest absolute Gasteiger partial charge is 0.423 e. The third-order valence-corrected chi connectivity index (χ3v) is 2.82. The molecule has 98 valence electrons. The van der Waals surface area contributed by atoms with E-state index in [1.165, 1.54) is 19.3 Å². The van der Waals surface area contributed by atoms with E-state index in [1.807, 2.05) is 18.2 Å². The summed E-state index contributed by atoms with van der Waals surface area (Å²) in [5.41, 5.74) is 0.565. The van der Waals surface area contributed by atoms with E-state index < -0.39 is 0 Å². The Morgan fingerprint density at radius 3 is 2.44 bits per heavy atom. The zero-order chi connectivity index (χ0) is 13.2. The lowest BCUT2D eigenvalue weighted by Gasteiger charge is -2.06. The number of hydrogen-bond acceptors (Lipinski definition) is 2. The summed E-state index contributed by atoms with van der Waals surface area (Å²) >= 11 is 0. The van der Waals surface area contributed by atoms with Crippen molar-refractivity contribution in [3.05, 3.63) is 42.5 Å². The number of rotatable bonds is 8. The normalized spacial score (nSPS) is 10.1. The van der Waals surface area contributed by atoms with Gasteiger partial charge in [-0.05, 0) is 25.0 Å². The minimum atomic E-state index is -0.309. The number of hydrogen-bond donors (Lipinski definition) is 0. The second-order valence-electron chi connectivity index (χ2n) is 4.47. The first-order valence-corrected chi connectivity index (χ1v) is 6.69. The van der Waals surface area contributed by atoms with Crippen LogP contribution in [0.15, 0.2) is 42.5 Å². The Hall–Kier alpha value is -1.57. The molecule has 1 aromatic rings. The fraction of sp³-hybridized carbons (Fsp3) is 0.438. The topological polar surface area (TPSA) is 26.3 Å². The van der Waals surface area contributed by atoms with Crippen molar-refractivity contribution >= 4 is 5.97 Å². The second kappa shape index (κ2) is 8.51. The van der Waals surface area contributed by atoms with Gasteiger partial charge in [0.05, 0.1) is 0 Å². The average Bonchev–Trinajstić information content (AvgIpc) is 2.39. The summed E-state index contributed by atoms with van der Waals surface area (Å²) in [6.45, 7) is 5.98. The molecule has 0 bridgehead atoms. The molecule has 0 spiro atoms. The maximum absolute atomic E-state index is 11.7. The molecule has 18 heavy (non-hydrogen) atoms. The highest BCUT2D eigenvalue weighted by Crippen LogP contribution is 2.14. The molecule has 0 saturated carbocycles. The number of carbonyl (C=O) groups is 1. The van der Waals surface area contributed by atoms with Crippen molar-refractivity contribution < 1.29 is 9.53 Å². The van der Waals surface area contributed by atoms with Crippen LogP contribution in [0.25, 0.3) is 0 Å². The van der Waals surface area contributed by atoms with Gasteiger partial charge < -0.3 is 4.74 Å². The fourth-order valence-corrected chi connectivity index (χ4v) is 1.71. The standard InChI is InChI=1S/C16H22O2/c1-3-4-5-6-8-11-14(2)16(17)18-15-12-9-7-10-13-15/h7,9-10,12-13H,2-6,8,11H2,1H3. The lowest BCUT2D eigenvalue weighted by molar-refractivity contribution is -0.130. The van der Waals surface area contributed by atoms with Gasteiger partial charge in [0.15, 0.2) is 0 Å². The van der Waals surface area contributed by atoms with Crippen molar-refractivity contribution in [3.8, 4) is 5.75 Å². The van der Waals surface area contributed by atoms with Crippen LogP contribution in [0.4, 0.5) is 0 Å². The Balaban J connectivity index is 2.23. The highest BCUT2D eigenvalue weighted by molar-refractivity contribution is 5.89. The minimum absolute atomic E-state index is 0.309. The molecule has 1 aromatic carbocycles. The predicted octanol–water partition coefficient (Wildman–Crippen LogP) is 4.51. The van der Waals surface area contributed by atoms with Crippen LogP contribution in [0.5, 0.6) is 5.75 Å². The molecule has 0 fully saturated rings. The number of carbonyl (C=O) groups excluding carboxylic acids is 1. The van der Waals surface area contributed by atoms with Gasteiger partial charge in [0.25, 0.3) is 0 Å². The van der Waals surface area contributed by atoms with Gasteiger partial charge in [0, 0.05) is 5.57 Å². The quantitative estimate of drug-likeness (QED) is 0.292. The molecule has 0 amide bonds. The van der Waals surface area contributed by atoms with E-state index in [-0.39, 0.29) is 5.97 Å². The Labute approximate surface area is 110 Å². The second-order valence-corrected chi connectivity index (χ2v) is 4.47. The molecule has 0 aliphatic heterocycles. The molecule has 0 radical (unpaired) electrons. The van der Waals surface area contributed by atoms with E-state index in [4.69, 9.17) is 4.74 Å². The molecule has 0 atom stereocenters. The third-order valence-electron chi connectivity index (χ3n) is 2.82. The number of ether oxygens (including phenoxy) is 1. The summed E-state index contributed by atoms with van der Waals surface area (Å²) in [5.74, 6) is 0.270. The lowest BCUT2D eigenvalue weighted by atomic mass is 10.1.